The van der Waals surface area contributed by atoms with Crippen LogP contribution in [-0.2, 0) is 14.3 Å². The largest absolute Gasteiger partial charge is 0.445 e. The molecule has 8 heteroatoms. The fourth-order valence-corrected chi connectivity index (χ4v) is 3.34. The van der Waals surface area contributed by atoms with Gasteiger partial charge in [0.15, 0.2) is 6.23 Å². The number of ether oxygens (including phenoxy) is 2. The number of rotatable bonds is 5. The SMILES string of the molecule is NC(CCC(N)N1CCNC1)C1NC2CCOCC2C(=O)O1. The predicted molar refractivity (Wildman–Crippen MR) is 80.5 cm³/mol. The number of hydrogen-bond acceptors (Lipinski definition) is 8. The Balaban J connectivity index is 1.47. The van der Waals surface area contributed by atoms with E-state index in [0.29, 0.717) is 13.2 Å². The van der Waals surface area contributed by atoms with Crippen LogP contribution in [0.3, 0.4) is 0 Å². The molecule has 0 aromatic carbocycles. The molecule has 3 rings (SSSR count). The summed E-state index contributed by atoms with van der Waals surface area (Å²) in [7, 11) is 0. The molecule has 3 fully saturated rings. The number of cyclic esters (lactones) is 1. The maximum Gasteiger partial charge on any atom is 0.314 e. The van der Waals surface area contributed by atoms with E-state index in [2.05, 4.69) is 15.5 Å². The van der Waals surface area contributed by atoms with Crippen molar-refractivity contribution in [2.45, 2.75) is 43.7 Å². The minimum Gasteiger partial charge on any atom is -0.445 e. The number of carbonyl (C=O) groups is 1. The van der Waals surface area contributed by atoms with Gasteiger partial charge in [0.2, 0.25) is 0 Å². The summed E-state index contributed by atoms with van der Waals surface area (Å²) in [5, 5.41) is 6.63. The first-order valence-electron chi connectivity index (χ1n) is 8.15. The molecule has 3 saturated heterocycles. The molecule has 126 valence electrons. The summed E-state index contributed by atoms with van der Waals surface area (Å²) in [6, 6.07) is -0.128. The van der Waals surface area contributed by atoms with Crippen LogP contribution in [0.1, 0.15) is 19.3 Å². The molecule has 6 N–H and O–H groups in total. The lowest BCUT2D eigenvalue weighted by Gasteiger charge is -2.40. The highest BCUT2D eigenvalue weighted by molar-refractivity contribution is 5.74. The Kier molecular flexibility index (Phi) is 5.27. The molecule has 0 aliphatic carbocycles. The van der Waals surface area contributed by atoms with Crippen molar-refractivity contribution in [2.24, 2.45) is 17.4 Å². The third-order valence-corrected chi connectivity index (χ3v) is 4.82. The highest BCUT2D eigenvalue weighted by atomic mass is 16.6. The second-order valence-electron chi connectivity index (χ2n) is 6.38. The van der Waals surface area contributed by atoms with E-state index in [1.165, 1.54) is 0 Å². The van der Waals surface area contributed by atoms with Gasteiger partial charge in [-0.25, -0.2) is 0 Å². The van der Waals surface area contributed by atoms with Crippen LogP contribution in [0.15, 0.2) is 0 Å². The van der Waals surface area contributed by atoms with Gasteiger partial charge >= 0.3 is 5.97 Å². The second kappa shape index (κ2) is 7.20. The Hall–Kier alpha value is -0.770. The lowest BCUT2D eigenvalue weighted by atomic mass is 9.93. The van der Waals surface area contributed by atoms with Crippen molar-refractivity contribution < 1.29 is 14.3 Å². The third kappa shape index (κ3) is 3.58. The number of hydrogen-bond donors (Lipinski definition) is 4. The summed E-state index contributed by atoms with van der Waals surface area (Å²) < 4.78 is 10.8. The van der Waals surface area contributed by atoms with Crippen LogP contribution in [0, 0.1) is 5.92 Å². The fourth-order valence-electron chi connectivity index (χ4n) is 3.34. The van der Waals surface area contributed by atoms with Crippen LogP contribution in [0.25, 0.3) is 0 Å². The normalized spacial score (nSPS) is 35.7. The smallest absolute Gasteiger partial charge is 0.314 e. The highest BCUT2D eigenvalue weighted by Gasteiger charge is 2.41. The van der Waals surface area contributed by atoms with E-state index in [0.717, 1.165) is 39.0 Å². The minimum absolute atomic E-state index is 0.00355. The standard InChI is InChI=1S/C14H27N5O3/c15-10(1-2-12(16)19-5-4-17-8-19)13-18-11-3-6-21-7-9(11)14(20)22-13/h9-13,17-18H,1-8,15-16H2. The molecule has 3 heterocycles. The van der Waals surface area contributed by atoms with Crippen molar-refractivity contribution in [2.75, 3.05) is 33.0 Å². The van der Waals surface area contributed by atoms with E-state index in [1.54, 1.807) is 0 Å². The van der Waals surface area contributed by atoms with E-state index in [4.69, 9.17) is 20.9 Å². The summed E-state index contributed by atoms with van der Waals surface area (Å²) in [6.45, 7) is 3.89. The van der Waals surface area contributed by atoms with Gasteiger partial charge in [0.25, 0.3) is 0 Å². The van der Waals surface area contributed by atoms with Crippen LogP contribution >= 0.6 is 0 Å². The molecule has 3 aliphatic rings. The molecule has 0 amide bonds. The zero-order chi connectivity index (χ0) is 15.5. The van der Waals surface area contributed by atoms with Gasteiger partial charge in [-0.2, -0.15) is 0 Å². The van der Waals surface area contributed by atoms with E-state index in [1.807, 2.05) is 0 Å². The van der Waals surface area contributed by atoms with E-state index in [9.17, 15) is 4.79 Å². The Labute approximate surface area is 130 Å². The summed E-state index contributed by atoms with van der Waals surface area (Å²) in [5.41, 5.74) is 12.4. The van der Waals surface area contributed by atoms with Gasteiger partial charge in [-0.1, -0.05) is 0 Å². The maximum atomic E-state index is 12.1. The number of fused-ring (bicyclic) bond motifs is 1. The molecule has 8 nitrogen and oxygen atoms in total. The lowest BCUT2D eigenvalue weighted by molar-refractivity contribution is -0.174. The van der Waals surface area contributed by atoms with Crippen LogP contribution < -0.4 is 22.1 Å². The third-order valence-electron chi connectivity index (χ3n) is 4.82. The van der Waals surface area contributed by atoms with Gasteiger partial charge in [0.05, 0.1) is 24.7 Å². The van der Waals surface area contributed by atoms with Gasteiger partial charge in [0.1, 0.15) is 0 Å². The topological polar surface area (TPSA) is 115 Å². The number of nitrogens with zero attached hydrogens (tertiary/aromatic N) is 1. The van der Waals surface area contributed by atoms with Crippen LogP contribution in [0.5, 0.6) is 0 Å². The molecule has 5 atom stereocenters. The Bertz CT molecular complexity index is 391. The highest BCUT2D eigenvalue weighted by Crippen LogP contribution is 2.23. The first-order chi connectivity index (χ1) is 10.6. The first kappa shape index (κ1) is 16.1. The van der Waals surface area contributed by atoms with Crippen molar-refractivity contribution in [1.29, 1.82) is 0 Å². The number of esters is 1. The van der Waals surface area contributed by atoms with Crippen LogP contribution in [-0.4, -0.2) is 68.3 Å². The summed E-state index contributed by atoms with van der Waals surface area (Å²) >= 11 is 0. The van der Waals surface area contributed by atoms with Crippen molar-refractivity contribution in [1.82, 2.24) is 15.5 Å². The van der Waals surface area contributed by atoms with Gasteiger partial charge in [-0.3, -0.25) is 15.0 Å². The molecule has 0 aromatic heterocycles. The molecular weight excluding hydrogens is 286 g/mol. The van der Waals surface area contributed by atoms with E-state index < -0.39 is 6.23 Å². The number of nitrogens with two attached hydrogens (primary N) is 2. The molecular formula is C14H27N5O3. The van der Waals surface area contributed by atoms with Crippen molar-refractivity contribution in [3.8, 4) is 0 Å². The maximum absolute atomic E-state index is 12.1. The quantitative estimate of drug-likeness (QED) is 0.436. The Morgan fingerprint density at radius 1 is 1.36 bits per heavy atom. The Morgan fingerprint density at radius 3 is 3.00 bits per heavy atom. The van der Waals surface area contributed by atoms with Gasteiger partial charge in [-0.15, -0.1) is 0 Å². The molecule has 3 aliphatic heterocycles. The number of carbonyl (C=O) groups excluding carboxylic acids is 1. The van der Waals surface area contributed by atoms with Gasteiger partial charge in [-0.05, 0) is 19.3 Å². The molecule has 5 unspecified atom stereocenters. The fraction of sp³-hybridized carbons (Fsp3) is 0.929. The predicted octanol–water partition coefficient (Wildman–Crippen LogP) is -1.88. The van der Waals surface area contributed by atoms with E-state index in [-0.39, 0.29) is 30.1 Å². The molecule has 0 radical (unpaired) electrons. The minimum atomic E-state index is -0.421. The summed E-state index contributed by atoms with van der Waals surface area (Å²) in [4.78, 5) is 14.2. The van der Waals surface area contributed by atoms with Gasteiger partial charge in [0, 0.05) is 32.4 Å². The number of nitrogens with one attached hydrogen (secondary N) is 2. The average Bonchev–Trinajstić information content (AvgIpc) is 3.06. The van der Waals surface area contributed by atoms with E-state index >= 15 is 0 Å². The van der Waals surface area contributed by atoms with Gasteiger partial charge < -0.3 is 26.3 Å². The monoisotopic (exact) mass is 313 g/mol. The average molecular weight is 313 g/mol. The zero-order valence-corrected chi connectivity index (χ0v) is 12.9. The van der Waals surface area contributed by atoms with Crippen LogP contribution in [0.2, 0.25) is 0 Å². The molecule has 0 bridgehead atoms. The van der Waals surface area contributed by atoms with Crippen LogP contribution in [0.4, 0.5) is 0 Å². The van der Waals surface area contributed by atoms with Crippen molar-refractivity contribution in [3.63, 3.8) is 0 Å². The molecule has 0 saturated carbocycles. The second-order valence-corrected chi connectivity index (χ2v) is 6.38. The summed E-state index contributed by atoms with van der Waals surface area (Å²) in [5.74, 6) is -0.396. The molecule has 0 aromatic rings. The zero-order valence-electron chi connectivity index (χ0n) is 12.9. The van der Waals surface area contributed by atoms with Crippen molar-refractivity contribution >= 4 is 5.97 Å². The molecule has 22 heavy (non-hydrogen) atoms. The summed E-state index contributed by atoms with van der Waals surface area (Å²) in [6.07, 6.45) is 1.90. The lowest BCUT2D eigenvalue weighted by Crippen LogP contribution is -2.62. The Morgan fingerprint density at radius 2 is 2.23 bits per heavy atom. The van der Waals surface area contributed by atoms with Crippen molar-refractivity contribution in [3.05, 3.63) is 0 Å². The molecule has 0 spiro atoms. The first-order valence-corrected chi connectivity index (χ1v) is 8.15.